The van der Waals surface area contributed by atoms with Crippen LogP contribution in [0.4, 0.5) is 0 Å². The summed E-state index contributed by atoms with van der Waals surface area (Å²) in [5, 5.41) is 7.76. The summed E-state index contributed by atoms with van der Waals surface area (Å²) >= 11 is 0. The van der Waals surface area contributed by atoms with Crippen LogP contribution in [0, 0.1) is 5.92 Å². The predicted octanol–water partition coefficient (Wildman–Crippen LogP) is 2.98. The molecule has 2 heterocycles. The van der Waals surface area contributed by atoms with E-state index >= 15 is 0 Å². The Morgan fingerprint density at radius 3 is 2.90 bits per heavy atom. The summed E-state index contributed by atoms with van der Waals surface area (Å²) in [7, 11) is 0. The Kier molecular flexibility index (Phi) is 4.60. The van der Waals surface area contributed by atoms with Crippen LogP contribution in [0.5, 0.6) is 0 Å². The summed E-state index contributed by atoms with van der Waals surface area (Å²) in [5.41, 5.74) is 0.0264. The van der Waals surface area contributed by atoms with Crippen molar-refractivity contribution in [2.45, 2.75) is 63.9 Å². The molecular formula is C16H27N3O2. The molecule has 21 heavy (non-hydrogen) atoms. The van der Waals surface area contributed by atoms with Crippen LogP contribution in [0.3, 0.4) is 0 Å². The Morgan fingerprint density at radius 2 is 2.29 bits per heavy atom. The summed E-state index contributed by atoms with van der Waals surface area (Å²) in [6.07, 6.45) is 7.02. The van der Waals surface area contributed by atoms with Crippen molar-refractivity contribution in [1.82, 2.24) is 15.5 Å². The van der Waals surface area contributed by atoms with E-state index in [4.69, 9.17) is 14.2 Å². The summed E-state index contributed by atoms with van der Waals surface area (Å²) in [4.78, 5) is 4.76. The number of rotatable bonds is 7. The number of nitrogens with zero attached hydrogens (tertiary/aromatic N) is 2. The normalized spacial score (nSPS) is 27.7. The van der Waals surface area contributed by atoms with Gasteiger partial charge in [0.15, 0.2) is 0 Å². The minimum absolute atomic E-state index is 0.0264. The maximum atomic E-state index is 5.84. The van der Waals surface area contributed by atoms with Gasteiger partial charge in [0.25, 0.3) is 0 Å². The van der Waals surface area contributed by atoms with Gasteiger partial charge in [0.05, 0.1) is 5.41 Å². The molecule has 2 atom stereocenters. The van der Waals surface area contributed by atoms with Crippen molar-refractivity contribution in [3.8, 4) is 0 Å². The van der Waals surface area contributed by atoms with E-state index in [0.29, 0.717) is 12.5 Å². The van der Waals surface area contributed by atoms with E-state index < -0.39 is 0 Å². The van der Waals surface area contributed by atoms with Gasteiger partial charge in [-0.05, 0) is 51.5 Å². The minimum atomic E-state index is 0.0264. The standard InChI is InChI=1S/C16H27N3O2/c1-3-8-16(9-5-10-17-11-16)15-18-14(19-21-15)13(20-4-2)12-6-7-12/h12-13,17H,3-11H2,1-2H3. The van der Waals surface area contributed by atoms with Crippen molar-refractivity contribution in [2.24, 2.45) is 5.92 Å². The topological polar surface area (TPSA) is 60.2 Å². The zero-order valence-corrected chi connectivity index (χ0v) is 13.2. The Morgan fingerprint density at radius 1 is 1.43 bits per heavy atom. The van der Waals surface area contributed by atoms with E-state index in [2.05, 4.69) is 17.4 Å². The number of hydrogen-bond acceptors (Lipinski definition) is 5. The Hall–Kier alpha value is -0.940. The van der Waals surface area contributed by atoms with Gasteiger partial charge < -0.3 is 14.6 Å². The molecule has 1 aliphatic heterocycles. The molecule has 118 valence electrons. The molecule has 1 aliphatic carbocycles. The number of hydrogen-bond donors (Lipinski definition) is 1. The lowest BCUT2D eigenvalue weighted by atomic mass is 9.77. The van der Waals surface area contributed by atoms with Gasteiger partial charge in [-0.25, -0.2) is 0 Å². The first-order chi connectivity index (χ1) is 10.3. The third-order valence-corrected chi connectivity index (χ3v) is 4.75. The van der Waals surface area contributed by atoms with Crippen molar-refractivity contribution in [3.63, 3.8) is 0 Å². The molecule has 1 aromatic rings. The lowest BCUT2D eigenvalue weighted by molar-refractivity contribution is 0.0384. The molecule has 0 spiro atoms. The van der Waals surface area contributed by atoms with Crippen LogP contribution in [-0.4, -0.2) is 29.8 Å². The van der Waals surface area contributed by atoms with E-state index in [0.717, 1.165) is 44.1 Å². The maximum Gasteiger partial charge on any atom is 0.234 e. The number of ether oxygens (including phenoxy) is 1. The summed E-state index contributed by atoms with van der Waals surface area (Å²) in [6, 6.07) is 0. The molecule has 1 saturated heterocycles. The molecule has 1 N–H and O–H groups in total. The molecule has 2 aliphatic rings. The molecule has 3 rings (SSSR count). The van der Waals surface area contributed by atoms with Crippen LogP contribution in [0.15, 0.2) is 4.52 Å². The minimum Gasteiger partial charge on any atom is -0.370 e. The highest BCUT2D eigenvalue weighted by atomic mass is 16.5. The zero-order valence-electron chi connectivity index (χ0n) is 13.2. The third-order valence-electron chi connectivity index (χ3n) is 4.75. The molecule has 0 bridgehead atoms. The average molecular weight is 293 g/mol. The maximum absolute atomic E-state index is 5.84. The lowest BCUT2D eigenvalue weighted by Gasteiger charge is -2.34. The fourth-order valence-electron chi connectivity index (χ4n) is 3.52. The highest BCUT2D eigenvalue weighted by Gasteiger charge is 2.41. The largest absolute Gasteiger partial charge is 0.370 e. The summed E-state index contributed by atoms with van der Waals surface area (Å²) in [6.45, 7) is 6.99. The second-order valence-electron chi connectivity index (χ2n) is 6.48. The van der Waals surface area contributed by atoms with Crippen LogP contribution < -0.4 is 5.32 Å². The monoisotopic (exact) mass is 293 g/mol. The van der Waals surface area contributed by atoms with Gasteiger partial charge in [-0.1, -0.05) is 18.5 Å². The van der Waals surface area contributed by atoms with Gasteiger partial charge in [-0.2, -0.15) is 4.98 Å². The second kappa shape index (κ2) is 6.44. The number of piperidine rings is 1. The van der Waals surface area contributed by atoms with Crippen molar-refractivity contribution in [2.75, 3.05) is 19.7 Å². The van der Waals surface area contributed by atoms with Gasteiger partial charge in [0.1, 0.15) is 6.10 Å². The molecule has 1 saturated carbocycles. The van der Waals surface area contributed by atoms with Crippen LogP contribution in [0.25, 0.3) is 0 Å². The first-order valence-corrected chi connectivity index (χ1v) is 8.45. The first kappa shape index (κ1) is 15.0. The summed E-state index contributed by atoms with van der Waals surface area (Å²) in [5.74, 6) is 2.16. The second-order valence-corrected chi connectivity index (χ2v) is 6.48. The van der Waals surface area contributed by atoms with Gasteiger partial charge in [-0.15, -0.1) is 0 Å². The predicted molar refractivity (Wildman–Crippen MR) is 80.1 cm³/mol. The Balaban J connectivity index is 1.81. The quantitative estimate of drug-likeness (QED) is 0.837. The Bertz CT molecular complexity index is 445. The third kappa shape index (κ3) is 3.14. The van der Waals surface area contributed by atoms with E-state index in [1.165, 1.54) is 19.3 Å². The lowest BCUT2D eigenvalue weighted by Crippen LogP contribution is -2.43. The number of nitrogens with one attached hydrogen (secondary N) is 1. The van der Waals surface area contributed by atoms with Crippen molar-refractivity contribution < 1.29 is 9.26 Å². The Labute approximate surface area is 126 Å². The van der Waals surface area contributed by atoms with Crippen LogP contribution in [-0.2, 0) is 10.2 Å². The van der Waals surface area contributed by atoms with E-state index in [9.17, 15) is 0 Å². The van der Waals surface area contributed by atoms with Crippen molar-refractivity contribution >= 4 is 0 Å². The van der Waals surface area contributed by atoms with Crippen molar-refractivity contribution in [3.05, 3.63) is 11.7 Å². The average Bonchev–Trinajstić information content (AvgIpc) is 3.22. The van der Waals surface area contributed by atoms with E-state index in [1.54, 1.807) is 0 Å². The van der Waals surface area contributed by atoms with Gasteiger partial charge in [0.2, 0.25) is 11.7 Å². The molecule has 2 unspecified atom stereocenters. The highest BCUT2D eigenvalue weighted by Crippen LogP contribution is 2.43. The van der Waals surface area contributed by atoms with Gasteiger partial charge >= 0.3 is 0 Å². The van der Waals surface area contributed by atoms with Crippen LogP contribution in [0.1, 0.15) is 70.2 Å². The van der Waals surface area contributed by atoms with E-state index in [1.807, 2.05) is 6.92 Å². The van der Waals surface area contributed by atoms with Crippen LogP contribution >= 0.6 is 0 Å². The molecule has 5 nitrogen and oxygen atoms in total. The molecule has 2 fully saturated rings. The van der Waals surface area contributed by atoms with E-state index in [-0.39, 0.29) is 11.5 Å². The smallest absolute Gasteiger partial charge is 0.234 e. The molecule has 0 aromatic carbocycles. The van der Waals surface area contributed by atoms with Gasteiger partial charge in [0, 0.05) is 13.2 Å². The first-order valence-electron chi connectivity index (χ1n) is 8.45. The number of aromatic nitrogens is 2. The molecule has 5 heteroatoms. The van der Waals surface area contributed by atoms with Gasteiger partial charge in [-0.3, -0.25) is 0 Å². The summed E-state index contributed by atoms with van der Waals surface area (Å²) < 4.78 is 11.5. The molecular weight excluding hydrogens is 266 g/mol. The van der Waals surface area contributed by atoms with Crippen molar-refractivity contribution in [1.29, 1.82) is 0 Å². The zero-order chi connectivity index (χ0) is 14.7. The molecule has 0 amide bonds. The molecule has 0 radical (unpaired) electrons. The SMILES string of the molecule is CCCC1(c2nc(C(OCC)C3CC3)no2)CCCNC1. The molecule has 1 aromatic heterocycles. The fourth-order valence-corrected chi connectivity index (χ4v) is 3.52. The highest BCUT2D eigenvalue weighted by molar-refractivity contribution is 5.10. The van der Waals surface area contributed by atoms with Crippen LogP contribution in [0.2, 0.25) is 0 Å². The fraction of sp³-hybridized carbons (Fsp3) is 0.875.